The zero-order valence-corrected chi connectivity index (χ0v) is 18.1. The molecule has 3 aromatic rings. The molecule has 0 bridgehead atoms. The Balaban J connectivity index is 1.32. The van der Waals surface area contributed by atoms with Gasteiger partial charge in [-0.05, 0) is 37.8 Å². The molecule has 0 radical (unpaired) electrons. The van der Waals surface area contributed by atoms with Crippen molar-refractivity contribution in [2.45, 2.75) is 44.3 Å². The Morgan fingerprint density at radius 2 is 1.90 bits per heavy atom. The first-order valence-corrected chi connectivity index (χ1v) is 11.5. The normalized spacial score (nSPS) is 17.8. The van der Waals surface area contributed by atoms with Crippen LogP contribution in [0.2, 0.25) is 10.0 Å². The number of benzene rings is 1. The molecule has 2 aromatic heterocycles. The molecule has 29 heavy (non-hydrogen) atoms. The lowest BCUT2D eigenvalue weighted by atomic mass is 10.0. The molecule has 5 rings (SSSR count). The predicted octanol–water partition coefficient (Wildman–Crippen LogP) is 6.17. The summed E-state index contributed by atoms with van der Waals surface area (Å²) in [7, 11) is 0. The van der Waals surface area contributed by atoms with Crippen LogP contribution in [0.15, 0.2) is 34.3 Å². The van der Waals surface area contributed by atoms with E-state index in [1.807, 2.05) is 29.8 Å². The van der Waals surface area contributed by atoms with Gasteiger partial charge in [0.05, 0.1) is 22.8 Å². The van der Waals surface area contributed by atoms with Crippen molar-refractivity contribution >= 4 is 39.7 Å². The maximum Gasteiger partial charge on any atom is 0.185 e. The van der Waals surface area contributed by atoms with Crippen molar-refractivity contribution in [3.63, 3.8) is 0 Å². The molecule has 1 aromatic carbocycles. The summed E-state index contributed by atoms with van der Waals surface area (Å²) in [6.07, 6.45) is 6.28. The molecule has 1 saturated heterocycles. The highest BCUT2D eigenvalue weighted by Gasteiger charge is 2.34. The minimum absolute atomic E-state index is 0.211. The molecule has 0 spiro atoms. The van der Waals surface area contributed by atoms with E-state index in [2.05, 4.69) is 15.0 Å². The van der Waals surface area contributed by atoms with E-state index in [-0.39, 0.29) is 6.10 Å². The maximum atomic E-state index is 6.44. The van der Waals surface area contributed by atoms with E-state index in [0.29, 0.717) is 28.3 Å². The Labute approximate surface area is 183 Å². The second kappa shape index (κ2) is 8.26. The lowest BCUT2D eigenvalue weighted by Gasteiger charge is -2.31. The summed E-state index contributed by atoms with van der Waals surface area (Å²) in [6.45, 7) is 2.38. The van der Waals surface area contributed by atoms with Gasteiger partial charge < -0.3 is 14.2 Å². The van der Waals surface area contributed by atoms with Crippen LogP contribution >= 0.6 is 34.5 Å². The number of rotatable bonds is 6. The smallest absolute Gasteiger partial charge is 0.185 e. The molecule has 1 aliphatic heterocycles. The molecule has 0 atom stereocenters. The largest absolute Gasteiger partial charge is 0.373 e. The van der Waals surface area contributed by atoms with Gasteiger partial charge in [-0.15, -0.1) is 11.3 Å². The number of halogens is 2. The fraction of sp³-hybridized carbons (Fsp3) is 0.429. The molecule has 152 valence electrons. The Hall–Kier alpha value is -1.60. The van der Waals surface area contributed by atoms with Crippen molar-refractivity contribution in [1.29, 1.82) is 0 Å². The molecule has 0 amide bonds. The van der Waals surface area contributed by atoms with Crippen LogP contribution in [0.5, 0.6) is 0 Å². The summed E-state index contributed by atoms with van der Waals surface area (Å²) in [5.74, 6) is 1.36. The van der Waals surface area contributed by atoms with Crippen LogP contribution in [0.25, 0.3) is 11.3 Å². The zero-order chi connectivity index (χ0) is 19.8. The summed E-state index contributed by atoms with van der Waals surface area (Å²) in [6, 6.07) is 5.49. The second-order valence-electron chi connectivity index (χ2n) is 7.56. The van der Waals surface area contributed by atoms with Crippen LogP contribution in [0.3, 0.4) is 0 Å². The van der Waals surface area contributed by atoms with Crippen LogP contribution in [0.1, 0.15) is 42.9 Å². The van der Waals surface area contributed by atoms with Crippen molar-refractivity contribution in [3.05, 3.63) is 51.1 Å². The molecule has 0 N–H and O–H groups in total. The van der Waals surface area contributed by atoms with Crippen LogP contribution in [-0.4, -0.2) is 29.3 Å². The van der Waals surface area contributed by atoms with Gasteiger partial charge in [-0.2, -0.15) is 0 Å². The first kappa shape index (κ1) is 19.4. The number of nitrogens with zero attached hydrogens (tertiary/aromatic N) is 3. The van der Waals surface area contributed by atoms with E-state index in [1.54, 1.807) is 11.3 Å². The molecule has 1 saturated carbocycles. The highest BCUT2D eigenvalue weighted by Crippen LogP contribution is 2.46. The van der Waals surface area contributed by atoms with Crippen molar-refractivity contribution < 1.29 is 9.26 Å². The molecule has 5 nitrogen and oxygen atoms in total. The number of anilines is 1. The monoisotopic (exact) mass is 449 g/mol. The number of piperidine rings is 1. The number of hydrogen-bond acceptors (Lipinski definition) is 6. The van der Waals surface area contributed by atoms with Crippen LogP contribution < -0.4 is 4.90 Å². The van der Waals surface area contributed by atoms with Crippen molar-refractivity contribution in [1.82, 2.24) is 10.1 Å². The van der Waals surface area contributed by atoms with Crippen LogP contribution in [-0.2, 0) is 11.3 Å². The molecule has 1 aliphatic carbocycles. The van der Waals surface area contributed by atoms with Gasteiger partial charge in [0.15, 0.2) is 5.13 Å². The van der Waals surface area contributed by atoms with Gasteiger partial charge in [0.1, 0.15) is 11.5 Å². The predicted molar refractivity (Wildman–Crippen MR) is 116 cm³/mol. The molecule has 8 heteroatoms. The minimum Gasteiger partial charge on any atom is -0.373 e. The summed E-state index contributed by atoms with van der Waals surface area (Å²) >= 11 is 14.6. The first-order chi connectivity index (χ1) is 14.2. The van der Waals surface area contributed by atoms with Gasteiger partial charge in [-0.25, -0.2) is 4.98 Å². The third-order valence-electron chi connectivity index (χ3n) is 5.56. The lowest BCUT2D eigenvalue weighted by molar-refractivity contribution is 0.0246. The Kier molecular flexibility index (Phi) is 5.52. The van der Waals surface area contributed by atoms with Gasteiger partial charge in [-0.1, -0.05) is 34.4 Å². The fourth-order valence-electron chi connectivity index (χ4n) is 3.84. The van der Waals surface area contributed by atoms with Gasteiger partial charge >= 0.3 is 0 Å². The number of hydrogen-bond donors (Lipinski definition) is 0. The summed E-state index contributed by atoms with van der Waals surface area (Å²) in [5.41, 5.74) is 2.43. The van der Waals surface area contributed by atoms with Crippen molar-refractivity contribution in [2.24, 2.45) is 0 Å². The number of thiazole rings is 1. The standard InChI is InChI=1S/C21H21Cl2N3O2S/c22-16-2-1-3-17(23)18(16)19-15(20(28-25-19)13-4-5-13)12-27-14-6-9-26(10-7-14)21-24-8-11-29-21/h1-3,8,11,13-14H,4-7,9-10,12H2. The number of aromatic nitrogens is 2. The zero-order valence-electron chi connectivity index (χ0n) is 15.8. The SMILES string of the molecule is Clc1cccc(Cl)c1-c1noc(C2CC2)c1COC1CCN(c2nccs2)CC1. The lowest BCUT2D eigenvalue weighted by Crippen LogP contribution is -2.36. The summed E-state index contributed by atoms with van der Waals surface area (Å²) in [5, 5.41) is 8.60. The quantitative estimate of drug-likeness (QED) is 0.450. The van der Waals surface area contributed by atoms with E-state index in [1.165, 1.54) is 0 Å². The van der Waals surface area contributed by atoms with Crippen molar-refractivity contribution in [2.75, 3.05) is 18.0 Å². The summed E-state index contributed by atoms with van der Waals surface area (Å²) < 4.78 is 12.1. The highest BCUT2D eigenvalue weighted by atomic mass is 35.5. The molecule has 3 heterocycles. The van der Waals surface area contributed by atoms with Crippen LogP contribution in [0.4, 0.5) is 5.13 Å². The Morgan fingerprint density at radius 3 is 2.55 bits per heavy atom. The highest BCUT2D eigenvalue weighted by molar-refractivity contribution is 7.13. The van der Waals surface area contributed by atoms with Crippen molar-refractivity contribution in [3.8, 4) is 11.3 Å². The van der Waals surface area contributed by atoms with E-state index in [0.717, 1.165) is 60.8 Å². The van der Waals surface area contributed by atoms with E-state index in [9.17, 15) is 0 Å². The number of ether oxygens (including phenoxy) is 1. The van der Waals surface area contributed by atoms with Gasteiger partial charge in [0, 0.05) is 41.7 Å². The second-order valence-corrected chi connectivity index (χ2v) is 9.24. The topological polar surface area (TPSA) is 51.4 Å². The summed E-state index contributed by atoms with van der Waals surface area (Å²) in [4.78, 5) is 6.74. The fourth-order valence-corrected chi connectivity index (χ4v) is 5.11. The molecular weight excluding hydrogens is 429 g/mol. The molecule has 2 fully saturated rings. The molecule has 2 aliphatic rings. The van der Waals surface area contributed by atoms with Gasteiger partial charge in [0.25, 0.3) is 0 Å². The molecule has 0 unspecified atom stereocenters. The van der Waals surface area contributed by atoms with Gasteiger partial charge in [0.2, 0.25) is 0 Å². The average Bonchev–Trinajstić information content (AvgIpc) is 3.25. The first-order valence-electron chi connectivity index (χ1n) is 9.89. The minimum atomic E-state index is 0.211. The third-order valence-corrected chi connectivity index (χ3v) is 7.02. The Bertz CT molecular complexity index is 960. The van der Waals surface area contributed by atoms with Gasteiger partial charge in [-0.3, -0.25) is 0 Å². The van der Waals surface area contributed by atoms with E-state index < -0.39 is 0 Å². The average molecular weight is 450 g/mol. The van der Waals surface area contributed by atoms with Crippen LogP contribution in [0, 0.1) is 0 Å². The maximum absolute atomic E-state index is 6.44. The molecular formula is C21H21Cl2N3O2S. The third kappa shape index (κ3) is 4.04. The van der Waals surface area contributed by atoms with E-state index in [4.69, 9.17) is 32.5 Å². The van der Waals surface area contributed by atoms with E-state index >= 15 is 0 Å². The Morgan fingerprint density at radius 1 is 1.14 bits per heavy atom.